The van der Waals surface area contributed by atoms with Gasteiger partial charge in [0.15, 0.2) is 0 Å². The van der Waals surface area contributed by atoms with E-state index in [4.69, 9.17) is 20.2 Å². The number of hydrogen-bond donors (Lipinski definition) is 0. The van der Waals surface area contributed by atoms with E-state index >= 15 is 0 Å². The first-order valence-corrected chi connectivity index (χ1v) is 8.95. The van der Waals surface area contributed by atoms with Crippen molar-refractivity contribution < 1.29 is 17.9 Å². The van der Waals surface area contributed by atoms with Crippen molar-refractivity contribution in [1.82, 2.24) is 0 Å². The zero-order valence-electron chi connectivity index (χ0n) is 11.7. The van der Waals surface area contributed by atoms with Crippen LogP contribution in [0.4, 0.5) is 0 Å². The van der Waals surface area contributed by atoms with E-state index in [1.54, 1.807) is 12.1 Å². The Bertz CT molecular complexity index is 577. The van der Waals surface area contributed by atoms with Gasteiger partial charge in [-0.05, 0) is 42.4 Å². The Morgan fingerprint density at radius 1 is 1.35 bits per heavy atom. The van der Waals surface area contributed by atoms with E-state index < -0.39 is 9.05 Å². The molecular weight excluding hydrogens is 300 g/mol. The van der Waals surface area contributed by atoms with Crippen LogP contribution in [0.2, 0.25) is 0 Å². The van der Waals surface area contributed by atoms with Crippen LogP contribution in [0.15, 0.2) is 23.1 Å². The summed E-state index contributed by atoms with van der Waals surface area (Å²) in [5.41, 5.74) is 0.948. The maximum atomic E-state index is 11.7. The van der Waals surface area contributed by atoms with Gasteiger partial charge in [0, 0.05) is 23.9 Å². The first-order chi connectivity index (χ1) is 9.43. The lowest BCUT2D eigenvalue weighted by Gasteiger charge is -2.37. The molecule has 0 N–H and O–H groups in total. The molecule has 1 heterocycles. The highest BCUT2D eigenvalue weighted by atomic mass is 35.7. The van der Waals surface area contributed by atoms with Crippen molar-refractivity contribution in [3.05, 3.63) is 23.8 Å². The van der Waals surface area contributed by atoms with Gasteiger partial charge in [-0.1, -0.05) is 13.0 Å². The van der Waals surface area contributed by atoms with Crippen molar-refractivity contribution in [2.75, 3.05) is 20.3 Å². The van der Waals surface area contributed by atoms with Gasteiger partial charge in [0.25, 0.3) is 9.05 Å². The molecule has 20 heavy (non-hydrogen) atoms. The van der Waals surface area contributed by atoms with E-state index in [-0.39, 0.29) is 16.1 Å². The second-order valence-corrected chi connectivity index (χ2v) is 7.58. The molecule has 0 unspecified atom stereocenters. The molecule has 0 atom stereocenters. The second kappa shape index (κ2) is 5.92. The van der Waals surface area contributed by atoms with Gasteiger partial charge in [-0.2, -0.15) is 0 Å². The highest BCUT2D eigenvalue weighted by Gasteiger charge is 2.34. The summed E-state index contributed by atoms with van der Waals surface area (Å²) >= 11 is 0. The first kappa shape index (κ1) is 15.6. The molecule has 0 aliphatic carbocycles. The van der Waals surface area contributed by atoms with Gasteiger partial charge in [0.2, 0.25) is 0 Å². The van der Waals surface area contributed by atoms with Crippen molar-refractivity contribution in [3.8, 4) is 5.75 Å². The molecule has 1 saturated heterocycles. The molecule has 1 aromatic rings. The average Bonchev–Trinajstić information content (AvgIpc) is 2.46. The minimum Gasteiger partial charge on any atom is -0.495 e. The minimum absolute atomic E-state index is 0.0403. The summed E-state index contributed by atoms with van der Waals surface area (Å²) in [4.78, 5) is 0.0403. The predicted octanol–water partition coefficient (Wildman–Crippen LogP) is 3.08. The fraction of sp³-hybridized carbons (Fsp3) is 0.571. The third-order valence-corrected chi connectivity index (χ3v) is 5.51. The van der Waals surface area contributed by atoms with Crippen LogP contribution in [0.1, 0.15) is 31.7 Å². The molecule has 4 nitrogen and oxygen atoms in total. The van der Waals surface area contributed by atoms with Gasteiger partial charge in [0.05, 0.1) is 7.11 Å². The van der Waals surface area contributed by atoms with Crippen LogP contribution < -0.4 is 4.74 Å². The maximum absolute atomic E-state index is 11.7. The molecule has 1 fully saturated rings. The second-order valence-electron chi connectivity index (χ2n) is 5.05. The molecule has 0 bridgehead atoms. The monoisotopic (exact) mass is 318 g/mol. The van der Waals surface area contributed by atoms with Gasteiger partial charge in [-0.3, -0.25) is 0 Å². The van der Waals surface area contributed by atoms with Crippen molar-refractivity contribution in [3.63, 3.8) is 0 Å². The molecule has 0 saturated carbocycles. The Balaban J connectivity index is 2.52. The predicted molar refractivity (Wildman–Crippen MR) is 78.1 cm³/mol. The smallest absolute Gasteiger partial charge is 0.264 e. The number of halogens is 1. The van der Waals surface area contributed by atoms with Crippen LogP contribution in [0.25, 0.3) is 0 Å². The first-order valence-electron chi connectivity index (χ1n) is 6.64. The Morgan fingerprint density at radius 3 is 2.50 bits per heavy atom. The van der Waals surface area contributed by atoms with Crippen molar-refractivity contribution in [2.45, 2.75) is 36.5 Å². The molecule has 2 rings (SSSR count). The van der Waals surface area contributed by atoms with Gasteiger partial charge < -0.3 is 9.47 Å². The van der Waals surface area contributed by atoms with Crippen LogP contribution in [-0.4, -0.2) is 28.7 Å². The van der Waals surface area contributed by atoms with Gasteiger partial charge >= 0.3 is 0 Å². The van der Waals surface area contributed by atoms with Crippen molar-refractivity contribution in [2.24, 2.45) is 0 Å². The quantitative estimate of drug-likeness (QED) is 0.801. The molecule has 0 amide bonds. The molecule has 1 aromatic carbocycles. The SMILES string of the molecule is CCC1(c2ccc(OC)c(S(=O)(=O)Cl)c2)CCOCC1. The fourth-order valence-electron chi connectivity index (χ4n) is 2.81. The molecule has 0 radical (unpaired) electrons. The van der Waals surface area contributed by atoms with Crippen LogP contribution in [-0.2, 0) is 19.2 Å². The summed E-state index contributed by atoms with van der Waals surface area (Å²) in [7, 11) is 3.12. The molecule has 1 aliphatic heterocycles. The van der Waals surface area contributed by atoms with E-state index in [9.17, 15) is 8.42 Å². The molecule has 112 valence electrons. The summed E-state index contributed by atoms with van der Waals surface area (Å²) < 4.78 is 33.9. The zero-order chi connectivity index (χ0) is 14.8. The third kappa shape index (κ3) is 2.95. The summed E-state index contributed by atoms with van der Waals surface area (Å²) in [6.07, 6.45) is 2.71. The molecule has 6 heteroatoms. The zero-order valence-corrected chi connectivity index (χ0v) is 13.3. The topological polar surface area (TPSA) is 52.6 Å². The van der Waals surface area contributed by atoms with E-state index in [1.165, 1.54) is 7.11 Å². The lowest BCUT2D eigenvalue weighted by atomic mass is 9.72. The summed E-state index contributed by atoms with van der Waals surface area (Å²) in [6, 6.07) is 5.26. The fourth-order valence-corrected chi connectivity index (χ4v) is 3.83. The van der Waals surface area contributed by atoms with E-state index in [0.29, 0.717) is 13.2 Å². The molecule has 0 aromatic heterocycles. The Kier molecular flexibility index (Phi) is 4.62. The van der Waals surface area contributed by atoms with E-state index in [1.807, 2.05) is 6.07 Å². The Hall–Kier alpha value is -0.780. The van der Waals surface area contributed by atoms with Gasteiger partial charge in [-0.15, -0.1) is 0 Å². The van der Waals surface area contributed by atoms with Gasteiger partial charge in [-0.25, -0.2) is 8.42 Å². The lowest BCUT2D eigenvalue weighted by Crippen LogP contribution is -2.33. The van der Waals surface area contributed by atoms with Gasteiger partial charge in [0.1, 0.15) is 10.6 Å². The number of rotatable bonds is 4. The molecular formula is C14H19ClO4S. The third-order valence-electron chi connectivity index (χ3n) is 4.17. The van der Waals surface area contributed by atoms with Crippen LogP contribution in [0, 0.1) is 0 Å². The number of methoxy groups -OCH3 is 1. The summed E-state index contributed by atoms with van der Waals surface area (Å²) in [5.74, 6) is 0.280. The van der Waals surface area contributed by atoms with Crippen LogP contribution >= 0.6 is 10.7 Å². The van der Waals surface area contributed by atoms with Crippen molar-refractivity contribution in [1.29, 1.82) is 0 Å². The standard InChI is InChI=1S/C14H19ClO4S/c1-3-14(6-8-19-9-7-14)11-4-5-12(18-2)13(10-11)20(15,16)17/h4-5,10H,3,6-9H2,1-2H3. The normalized spacial score (nSPS) is 18.8. The van der Waals surface area contributed by atoms with Crippen molar-refractivity contribution >= 4 is 19.7 Å². The Labute approximate surface area is 124 Å². The lowest BCUT2D eigenvalue weighted by molar-refractivity contribution is 0.0484. The Morgan fingerprint density at radius 2 is 2.00 bits per heavy atom. The van der Waals surface area contributed by atoms with E-state index in [0.717, 1.165) is 24.8 Å². The van der Waals surface area contributed by atoms with E-state index in [2.05, 4.69) is 6.92 Å². The van der Waals surface area contributed by atoms with Crippen LogP contribution in [0.5, 0.6) is 5.75 Å². The highest BCUT2D eigenvalue weighted by molar-refractivity contribution is 8.13. The number of ether oxygens (including phenoxy) is 2. The minimum atomic E-state index is -3.83. The number of hydrogen-bond acceptors (Lipinski definition) is 4. The number of benzene rings is 1. The molecule has 1 aliphatic rings. The maximum Gasteiger partial charge on any atom is 0.264 e. The highest BCUT2D eigenvalue weighted by Crippen LogP contribution is 2.40. The summed E-state index contributed by atoms with van der Waals surface area (Å²) in [6.45, 7) is 3.51. The largest absolute Gasteiger partial charge is 0.495 e. The average molecular weight is 319 g/mol. The van der Waals surface area contributed by atoms with Crippen LogP contribution in [0.3, 0.4) is 0 Å². The molecule has 0 spiro atoms. The summed E-state index contributed by atoms with van der Waals surface area (Å²) in [5, 5.41) is 0.